The maximum Gasteiger partial charge on any atom is 0.416 e. The van der Waals surface area contributed by atoms with E-state index < -0.39 is 35.2 Å². The van der Waals surface area contributed by atoms with Crippen molar-refractivity contribution in [2.24, 2.45) is 0 Å². The molecule has 0 aliphatic carbocycles. The van der Waals surface area contributed by atoms with Gasteiger partial charge in [0.1, 0.15) is 5.76 Å². The molecule has 1 atom stereocenters. The number of Topliss-reactive ketones (excluding diaryl/α,β-unsaturated/α-hetero) is 1. The molecule has 6 nitrogen and oxygen atoms in total. The van der Waals surface area contributed by atoms with Crippen LogP contribution in [-0.4, -0.2) is 29.0 Å². The molecule has 0 saturated carbocycles. The van der Waals surface area contributed by atoms with Gasteiger partial charge in [-0.15, -0.1) is 0 Å². The number of aliphatic hydroxyl groups is 1. The summed E-state index contributed by atoms with van der Waals surface area (Å²) in [5.74, 6) is -2.84. The molecule has 1 fully saturated rings. The summed E-state index contributed by atoms with van der Waals surface area (Å²) < 4.78 is 45.2. The molecule has 2 N–H and O–H groups in total. The minimum atomic E-state index is -4.68. The molecule has 1 saturated heterocycles. The van der Waals surface area contributed by atoms with Crippen molar-refractivity contribution in [2.75, 3.05) is 12.0 Å². The normalized spacial score (nSPS) is 17.8. The van der Waals surface area contributed by atoms with Crippen LogP contribution in [0.1, 0.15) is 22.7 Å². The SMILES string of the molecule is COc1cc(C2/C(=C(/O)c3ccccc3)C(=O)C(=O)N2c2cccc(C(F)(F)F)c2)ccc1O. The number of anilines is 1. The highest BCUT2D eigenvalue weighted by Crippen LogP contribution is 2.44. The molecule has 3 aromatic rings. The summed E-state index contributed by atoms with van der Waals surface area (Å²) in [6.07, 6.45) is -4.68. The Kier molecular flexibility index (Phi) is 5.78. The molecule has 3 aromatic carbocycles. The third-order valence-electron chi connectivity index (χ3n) is 5.46. The zero-order chi connectivity index (χ0) is 24.6. The number of rotatable bonds is 4. The van der Waals surface area contributed by atoms with Crippen LogP contribution in [0, 0.1) is 0 Å². The van der Waals surface area contributed by atoms with E-state index in [4.69, 9.17) is 4.74 Å². The van der Waals surface area contributed by atoms with Crippen LogP contribution in [0.15, 0.2) is 78.4 Å². The van der Waals surface area contributed by atoms with Crippen molar-refractivity contribution in [2.45, 2.75) is 12.2 Å². The Labute approximate surface area is 192 Å². The molecule has 0 aromatic heterocycles. The van der Waals surface area contributed by atoms with Gasteiger partial charge < -0.3 is 14.9 Å². The first-order valence-corrected chi connectivity index (χ1v) is 10.0. The van der Waals surface area contributed by atoms with E-state index in [0.29, 0.717) is 0 Å². The number of aromatic hydroxyl groups is 1. The minimum Gasteiger partial charge on any atom is -0.507 e. The van der Waals surface area contributed by atoms with Gasteiger partial charge in [-0.1, -0.05) is 42.5 Å². The average Bonchev–Trinajstić information content (AvgIpc) is 3.09. The van der Waals surface area contributed by atoms with E-state index in [-0.39, 0.29) is 33.9 Å². The Morgan fingerprint density at radius 3 is 2.32 bits per heavy atom. The summed E-state index contributed by atoms with van der Waals surface area (Å²) in [6.45, 7) is 0. The molecule has 1 amide bonds. The number of alkyl halides is 3. The van der Waals surface area contributed by atoms with Crippen molar-refractivity contribution in [3.05, 3.63) is 95.1 Å². The van der Waals surface area contributed by atoms with Gasteiger partial charge in [0.05, 0.1) is 24.3 Å². The number of nitrogens with zero attached hydrogens (tertiary/aromatic N) is 1. The number of hydrogen-bond acceptors (Lipinski definition) is 5. The second-order valence-corrected chi connectivity index (χ2v) is 7.51. The van der Waals surface area contributed by atoms with Crippen molar-refractivity contribution < 1.29 is 37.7 Å². The highest BCUT2D eigenvalue weighted by molar-refractivity contribution is 6.51. The van der Waals surface area contributed by atoms with E-state index >= 15 is 0 Å². The fraction of sp³-hybridized carbons (Fsp3) is 0.120. The number of aliphatic hydroxyl groups excluding tert-OH is 1. The largest absolute Gasteiger partial charge is 0.507 e. The summed E-state index contributed by atoms with van der Waals surface area (Å²) in [5.41, 5.74) is -0.997. The van der Waals surface area contributed by atoms with Gasteiger partial charge in [0.15, 0.2) is 11.5 Å². The lowest BCUT2D eigenvalue weighted by Crippen LogP contribution is -2.29. The molecule has 1 aliphatic rings. The molecular weight excluding hydrogens is 451 g/mol. The number of carbonyl (C=O) groups is 2. The lowest BCUT2D eigenvalue weighted by atomic mass is 9.94. The number of benzene rings is 3. The lowest BCUT2D eigenvalue weighted by molar-refractivity contribution is -0.137. The molecule has 9 heteroatoms. The molecule has 174 valence electrons. The number of halogens is 3. The molecule has 4 rings (SSSR count). The summed E-state index contributed by atoms with van der Waals surface area (Å²) in [4.78, 5) is 27.1. The highest BCUT2D eigenvalue weighted by atomic mass is 19.4. The van der Waals surface area contributed by atoms with Crippen LogP contribution in [0.25, 0.3) is 5.76 Å². The van der Waals surface area contributed by atoms with Gasteiger partial charge in [-0.05, 0) is 35.9 Å². The van der Waals surface area contributed by atoms with Crippen LogP contribution in [0.2, 0.25) is 0 Å². The minimum absolute atomic E-state index is 0.0202. The molecule has 34 heavy (non-hydrogen) atoms. The molecule has 1 heterocycles. The first-order chi connectivity index (χ1) is 16.1. The Balaban J connectivity index is 1.98. The summed E-state index contributed by atoms with van der Waals surface area (Å²) in [5, 5.41) is 21.0. The second kappa shape index (κ2) is 8.58. The van der Waals surface area contributed by atoms with Crippen LogP contribution >= 0.6 is 0 Å². The zero-order valence-corrected chi connectivity index (χ0v) is 17.7. The summed E-state index contributed by atoms with van der Waals surface area (Å²) >= 11 is 0. The number of hydrogen-bond donors (Lipinski definition) is 2. The van der Waals surface area contributed by atoms with Gasteiger partial charge in [0, 0.05) is 11.3 Å². The predicted octanol–water partition coefficient (Wildman–Crippen LogP) is 5.05. The fourth-order valence-electron chi connectivity index (χ4n) is 3.86. The van der Waals surface area contributed by atoms with Crippen LogP contribution in [-0.2, 0) is 15.8 Å². The highest BCUT2D eigenvalue weighted by Gasteiger charge is 2.47. The molecule has 0 radical (unpaired) electrons. The number of ketones is 1. The van der Waals surface area contributed by atoms with E-state index in [1.165, 1.54) is 43.5 Å². The second-order valence-electron chi connectivity index (χ2n) is 7.51. The van der Waals surface area contributed by atoms with Gasteiger partial charge in [0.25, 0.3) is 11.7 Å². The molecule has 0 bridgehead atoms. The van der Waals surface area contributed by atoms with Gasteiger partial charge in [-0.25, -0.2) is 0 Å². The maximum atomic E-state index is 13.4. The smallest absolute Gasteiger partial charge is 0.416 e. The Morgan fingerprint density at radius 2 is 1.68 bits per heavy atom. The third-order valence-corrected chi connectivity index (χ3v) is 5.46. The molecular formula is C25H18F3NO5. The number of ether oxygens (including phenoxy) is 1. The van der Waals surface area contributed by atoms with Crippen molar-refractivity contribution in [3.63, 3.8) is 0 Å². The topological polar surface area (TPSA) is 87.1 Å². The quantitative estimate of drug-likeness (QED) is 0.317. The monoisotopic (exact) mass is 469 g/mol. The van der Waals surface area contributed by atoms with Crippen molar-refractivity contribution in [1.82, 2.24) is 0 Å². The Bertz CT molecular complexity index is 1300. The van der Waals surface area contributed by atoms with Crippen LogP contribution in [0.4, 0.5) is 18.9 Å². The van der Waals surface area contributed by atoms with Gasteiger partial charge in [-0.2, -0.15) is 13.2 Å². The number of phenols is 1. The van der Waals surface area contributed by atoms with Gasteiger partial charge >= 0.3 is 6.18 Å². The maximum absolute atomic E-state index is 13.4. The van der Waals surface area contributed by atoms with E-state index in [9.17, 15) is 33.0 Å². The van der Waals surface area contributed by atoms with E-state index in [0.717, 1.165) is 23.1 Å². The number of phenolic OH excluding ortho intramolecular Hbond substituents is 1. The van der Waals surface area contributed by atoms with E-state index in [2.05, 4.69) is 0 Å². The van der Waals surface area contributed by atoms with Crippen molar-refractivity contribution in [1.29, 1.82) is 0 Å². The number of amides is 1. The fourth-order valence-corrected chi connectivity index (χ4v) is 3.86. The molecule has 0 spiro atoms. The van der Waals surface area contributed by atoms with E-state index in [1.54, 1.807) is 18.2 Å². The Morgan fingerprint density at radius 1 is 0.971 bits per heavy atom. The van der Waals surface area contributed by atoms with Crippen LogP contribution in [0.3, 0.4) is 0 Å². The molecule has 1 aliphatic heterocycles. The van der Waals surface area contributed by atoms with Crippen LogP contribution in [0.5, 0.6) is 11.5 Å². The summed E-state index contributed by atoms with van der Waals surface area (Å²) in [6, 6.07) is 14.7. The first kappa shape index (κ1) is 22.9. The van der Waals surface area contributed by atoms with Gasteiger partial charge in [0.2, 0.25) is 0 Å². The zero-order valence-electron chi connectivity index (χ0n) is 17.7. The number of methoxy groups -OCH3 is 1. The van der Waals surface area contributed by atoms with Crippen LogP contribution < -0.4 is 9.64 Å². The number of carbonyl (C=O) groups excluding carboxylic acids is 2. The standard InChI is InChI=1S/C25H18F3NO5/c1-34-19-12-15(10-11-18(19)30)21-20(22(31)14-6-3-2-4-7-14)23(32)24(33)29(21)17-9-5-8-16(13-17)25(26,27)28/h2-13,21,30-31H,1H3/b22-20-. The predicted molar refractivity (Wildman–Crippen MR) is 117 cm³/mol. The van der Waals surface area contributed by atoms with Crippen molar-refractivity contribution >= 4 is 23.1 Å². The molecule has 1 unspecified atom stereocenters. The summed E-state index contributed by atoms with van der Waals surface area (Å²) in [7, 11) is 1.30. The van der Waals surface area contributed by atoms with Gasteiger partial charge in [-0.3, -0.25) is 14.5 Å². The third kappa shape index (κ3) is 3.96. The average molecular weight is 469 g/mol. The van der Waals surface area contributed by atoms with Crippen molar-refractivity contribution in [3.8, 4) is 11.5 Å². The Hall–Kier alpha value is -4.27. The first-order valence-electron chi connectivity index (χ1n) is 10.0. The van der Waals surface area contributed by atoms with E-state index in [1.807, 2.05) is 0 Å². The lowest BCUT2D eigenvalue weighted by Gasteiger charge is -2.26.